The Labute approximate surface area is 88.0 Å². The summed E-state index contributed by atoms with van der Waals surface area (Å²) in [5.74, 6) is -0.168. The molecule has 0 saturated heterocycles. The highest BCUT2D eigenvalue weighted by atomic mass is 16.5. The van der Waals surface area contributed by atoms with E-state index in [9.17, 15) is 9.59 Å². The van der Waals surface area contributed by atoms with Gasteiger partial charge < -0.3 is 10.5 Å². The summed E-state index contributed by atoms with van der Waals surface area (Å²) in [7, 11) is 1.46. The lowest BCUT2D eigenvalue weighted by atomic mass is 10.0. The number of hydrogen-bond donors (Lipinski definition) is 1. The second-order valence-electron chi connectivity index (χ2n) is 3.06. The lowest BCUT2D eigenvalue weighted by Gasteiger charge is -2.07. The molecule has 0 aliphatic rings. The van der Waals surface area contributed by atoms with Gasteiger partial charge in [0.25, 0.3) is 0 Å². The van der Waals surface area contributed by atoms with Crippen LogP contribution in [0.5, 0.6) is 5.75 Å². The highest BCUT2D eigenvalue weighted by Crippen LogP contribution is 2.20. The molecule has 0 spiro atoms. The largest absolute Gasteiger partial charge is 0.496 e. The molecule has 1 aromatic carbocycles. The molecule has 0 saturated carbocycles. The van der Waals surface area contributed by atoms with Crippen LogP contribution in [-0.4, -0.2) is 25.7 Å². The monoisotopic (exact) mass is 207 g/mol. The molecule has 0 heterocycles. The van der Waals surface area contributed by atoms with Gasteiger partial charge in [0.05, 0.1) is 12.7 Å². The SMILES string of the molecule is COc1ccc(CCN)cc1C(=O)C=O. The zero-order valence-electron chi connectivity index (χ0n) is 8.53. The summed E-state index contributed by atoms with van der Waals surface area (Å²) in [6.45, 7) is 0.501. The maximum Gasteiger partial charge on any atom is 0.229 e. The predicted molar refractivity (Wildman–Crippen MR) is 56.1 cm³/mol. The van der Waals surface area contributed by atoms with Crippen LogP contribution in [-0.2, 0) is 11.2 Å². The fourth-order valence-electron chi connectivity index (χ4n) is 1.33. The molecule has 0 aliphatic carbocycles. The van der Waals surface area contributed by atoms with Gasteiger partial charge in [-0.05, 0) is 30.7 Å². The van der Waals surface area contributed by atoms with Gasteiger partial charge in [-0.2, -0.15) is 0 Å². The lowest BCUT2D eigenvalue weighted by molar-refractivity contribution is -0.104. The number of benzene rings is 1. The molecular formula is C11H13NO3. The van der Waals surface area contributed by atoms with E-state index in [1.165, 1.54) is 7.11 Å². The fraction of sp³-hybridized carbons (Fsp3) is 0.273. The highest BCUT2D eigenvalue weighted by Gasteiger charge is 2.11. The van der Waals surface area contributed by atoms with E-state index >= 15 is 0 Å². The quantitative estimate of drug-likeness (QED) is 0.435. The van der Waals surface area contributed by atoms with Gasteiger partial charge in [0.2, 0.25) is 5.78 Å². The number of ketones is 1. The third-order valence-electron chi connectivity index (χ3n) is 2.07. The Morgan fingerprint density at radius 2 is 2.27 bits per heavy atom. The Balaban J connectivity index is 3.12. The van der Waals surface area contributed by atoms with E-state index < -0.39 is 5.78 Å². The summed E-state index contributed by atoms with van der Waals surface area (Å²) in [4.78, 5) is 21.7. The molecule has 0 atom stereocenters. The van der Waals surface area contributed by atoms with Crippen LogP contribution in [0, 0.1) is 0 Å². The predicted octanol–water partition coefficient (Wildman–Crippen LogP) is 0.578. The van der Waals surface area contributed by atoms with Crippen LogP contribution in [0.15, 0.2) is 18.2 Å². The summed E-state index contributed by atoms with van der Waals surface area (Å²) in [6, 6.07) is 5.14. The minimum atomic E-state index is -0.578. The van der Waals surface area contributed by atoms with E-state index in [1.807, 2.05) is 6.07 Å². The Kier molecular flexibility index (Phi) is 4.00. The van der Waals surface area contributed by atoms with Crippen LogP contribution in [0.25, 0.3) is 0 Å². The minimum Gasteiger partial charge on any atom is -0.496 e. The number of nitrogens with two attached hydrogens (primary N) is 1. The van der Waals surface area contributed by atoms with Crippen LogP contribution >= 0.6 is 0 Å². The minimum absolute atomic E-state index is 0.282. The van der Waals surface area contributed by atoms with Crippen LogP contribution in [0.1, 0.15) is 15.9 Å². The van der Waals surface area contributed by atoms with Gasteiger partial charge >= 0.3 is 0 Å². The topological polar surface area (TPSA) is 69.4 Å². The number of hydrogen-bond acceptors (Lipinski definition) is 4. The molecule has 2 N–H and O–H groups in total. The highest BCUT2D eigenvalue weighted by molar-refractivity contribution is 6.34. The van der Waals surface area contributed by atoms with E-state index in [-0.39, 0.29) is 6.29 Å². The van der Waals surface area contributed by atoms with Crippen molar-refractivity contribution in [3.05, 3.63) is 29.3 Å². The number of Topliss-reactive ketones (excluding diaryl/α,β-unsaturated/α-hetero) is 1. The first-order valence-electron chi connectivity index (χ1n) is 4.59. The van der Waals surface area contributed by atoms with Crippen LogP contribution in [0.4, 0.5) is 0 Å². The number of aldehydes is 1. The molecule has 80 valence electrons. The van der Waals surface area contributed by atoms with Crippen molar-refractivity contribution in [3.63, 3.8) is 0 Å². The molecule has 15 heavy (non-hydrogen) atoms. The molecule has 0 aromatic heterocycles. The van der Waals surface area contributed by atoms with Gasteiger partial charge in [-0.1, -0.05) is 6.07 Å². The normalized spacial score (nSPS) is 9.73. The van der Waals surface area contributed by atoms with Gasteiger partial charge in [-0.3, -0.25) is 9.59 Å². The Hall–Kier alpha value is -1.68. The summed E-state index contributed by atoms with van der Waals surface area (Å²) >= 11 is 0. The average molecular weight is 207 g/mol. The van der Waals surface area contributed by atoms with Gasteiger partial charge in [0.15, 0.2) is 6.29 Å². The van der Waals surface area contributed by atoms with Crippen molar-refractivity contribution < 1.29 is 14.3 Å². The molecule has 0 unspecified atom stereocenters. The fourth-order valence-corrected chi connectivity index (χ4v) is 1.33. The summed E-state index contributed by atoms with van der Waals surface area (Å²) in [5.41, 5.74) is 6.61. The van der Waals surface area contributed by atoms with E-state index in [0.29, 0.717) is 24.3 Å². The molecular weight excluding hydrogens is 194 g/mol. The first-order valence-corrected chi connectivity index (χ1v) is 4.59. The first-order chi connectivity index (χ1) is 7.22. The number of rotatable bonds is 5. The van der Waals surface area contributed by atoms with Gasteiger partial charge in [0, 0.05) is 0 Å². The Morgan fingerprint density at radius 3 is 2.80 bits per heavy atom. The third kappa shape index (κ3) is 2.63. The molecule has 0 bridgehead atoms. The van der Waals surface area contributed by atoms with Crippen LogP contribution in [0.2, 0.25) is 0 Å². The summed E-state index contributed by atoms with van der Waals surface area (Å²) in [6.07, 6.45) is 0.952. The van der Waals surface area contributed by atoms with Crippen LogP contribution < -0.4 is 10.5 Å². The maximum absolute atomic E-state index is 11.3. The van der Waals surface area contributed by atoms with E-state index in [0.717, 1.165) is 5.56 Å². The van der Waals surface area contributed by atoms with E-state index in [4.69, 9.17) is 10.5 Å². The van der Waals surface area contributed by atoms with E-state index in [1.54, 1.807) is 12.1 Å². The zero-order valence-corrected chi connectivity index (χ0v) is 8.53. The van der Waals surface area contributed by atoms with Crippen molar-refractivity contribution in [1.82, 2.24) is 0 Å². The molecule has 1 aromatic rings. The number of ether oxygens (including phenoxy) is 1. The first kappa shape index (κ1) is 11.4. The molecule has 0 aliphatic heterocycles. The second-order valence-corrected chi connectivity index (χ2v) is 3.06. The van der Waals surface area contributed by atoms with Crippen molar-refractivity contribution in [2.24, 2.45) is 5.73 Å². The molecule has 1 rings (SSSR count). The average Bonchev–Trinajstić information content (AvgIpc) is 2.28. The van der Waals surface area contributed by atoms with Crippen molar-refractivity contribution in [1.29, 1.82) is 0 Å². The van der Waals surface area contributed by atoms with Crippen molar-refractivity contribution in [2.75, 3.05) is 13.7 Å². The van der Waals surface area contributed by atoms with Crippen molar-refractivity contribution in [2.45, 2.75) is 6.42 Å². The summed E-state index contributed by atoms with van der Waals surface area (Å²) in [5, 5.41) is 0. The van der Waals surface area contributed by atoms with Gasteiger partial charge in [0.1, 0.15) is 5.75 Å². The lowest BCUT2D eigenvalue weighted by Crippen LogP contribution is -2.07. The smallest absolute Gasteiger partial charge is 0.229 e. The maximum atomic E-state index is 11.3. The van der Waals surface area contributed by atoms with Crippen molar-refractivity contribution >= 4 is 12.1 Å². The van der Waals surface area contributed by atoms with Gasteiger partial charge in [-0.15, -0.1) is 0 Å². The molecule has 0 amide bonds. The molecule has 4 nitrogen and oxygen atoms in total. The van der Waals surface area contributed by atoms with Crippen LogP contribution in [0.3, 0.4) is 0 Å². The summed E-state index contributed by atoms with van der Waals surface area (Å²) < 4.78 is 4.99. The molecule has 0 fully saturated rings. The Morgan fingerprint density at radius 1 is 1.53 bits per heavy atom. The van der Waals surface area contributed by atoms with E-state index in [2.05, 4.69) is 0 Å². The third-order valence-corrected chi connectivity index (χ3v) is 2.07. The standard InChI is InChI=1S/C11H13NO3/c1-15-11-3-2-8(4-5-12)6-9(11)10(14)7-13/h2-3,6-7H,4-5,12H2,1H3. The van der Waals surface area contributed by atoms with Crippen molar-refractivity contribution in [3.8, 4) is 5.75 Å². The number of carbonyl (C=O) groups is 2. The second kappa shape index (κ2) is 5.26. The Bertz CT molecular complexity index is 374. The molecule has 4 heteroatoms. The zero-order chi connectivity index (χ0) is 11.3. The number of carbonyl (C=O) groups excluding carboxylic acids is 2. The molecule has 0 radical (unpaired) electrons. The van der Waals surface area contributed by atoms with Gasteiger partial charge in [-0.25, -0.2) is 0 Å². The number of methoxy groups -OCH3 is 1.